The third kappa shape index (κ3) is 1.94. The van der Waals surface area contributed by atoms with Gasteiger partial charge in [0, 0.05) is 11.1 Å². The van der Waals surface area contributed by atoms with Crippen molar-refractivity contribution in [1.82, 2.24) is 0 Å². The summed E-state index contributed by atoms with van der Waals surface area (Å²) in [5, 5.41) is 0. The van der Waals surface area contributed by atoms with Crippen LogP contribution in [0.3, 0.4) is 0 Å². The van der Waals surface area contributed by atoms with Gasteiger partial charge in [0.2, 0.25) is 0 Å². The minimum Gasteiger partial charge on any atom is -0.455 e. The Morgan fingerprint density at radius 2 is 0.885 bits per heavy atom. The second-order valence-electron chi connectivity index (χ2n) is 5.97. The molecular formula is C19H10F6O. The predicted octanol–water partition coefficient (Wildman–Crippen LogP) is 6.45. The van der Waals surface area contributed by atoms with Gasteiger partial charge in [0.05, 0.1) is 11.1 Å². The van der Waals surface area contributed by atoms with Crippen LogP contribution < -0.4 is 0 Å². The number of halogens is 6. The Labute approximate surface area is 143 Å². The first-order valence-corrected chi connectivity index (χ1v) is 7.61. The average Bonchev–Trinajstić information content (AvgIpc) is 3.08. The molecule has 0 amide bonds. The van der Waals surface area contributed by atoms with E-state index >= 15 is 0 Å². The molecule has 0 aliphatic heterocycles. The average molecular weight is 368 g/mol. The molecule has 0 fully saturated rings. The summed E-state index contributed by atoms with van der Waals surface area (Å²) in [4.78, 5) is 0. The summed E-state index contributed by atoms with van der Waals surface area (Å²) in [5.74, 6) is -17.1. The maximum absolute atomic E-state index is 14.4. The lowest BCUT2D eigenvalue weighted by atomic mass is 10.0. The molecule has 0 bridgehead atoms. The van der Waals surface area contributed by atoms with Gasteiger partial charge in [0.1, 0.15) is 11.5 Å². The third-order valence-corrected chi connectivity index (χ3v) is 4.40. The first-order chi connectivity index (χ1) is 12.2. The molecule has 26 heavy (non-hydrogen) atoms. The Hall–Kier alpha value is -2.70. The number of hydrogen-bond donors (Lipinski definition) is 0. The fourth-order valence-corrected chi connectivity index (χ4v) is 3.13. The molecule has 1 heterocycles. The van der Waals surface area contributed by atoms with Crippen LogP contribution in [-0.2, 0) is 11.8 Å². The lowest BCUT2D eigenvalue weighted by molar-refractivity contribution is -0.302. The highest BCUT2D eigenvalue weighted by Crippen LogP contribution is 2.67. The smallest absolute Gasteiger partial charge is 0.380 e. The Morgan fingerprint density at radius 1 is 0.538 bits per heavy atom. The van der Waals surface area contributed by atoms with Crippen molar-refractivity contribution in [2.45, 2.75) is 17.8 Å². The van der Waals surface area contributed by atoms with E-state index in [-0.39, 0.29) is 11.1 Å². The van der Waals surface area contributed by atoms with Gasteiger partial charge in [-0.3, -0.25) is 0 Å². The second kappa shape index (κ2) is 5.16. The van der Waals surface area contributed by atoms with Gasteiger partial charge in [-0.15, -0.1) is 0 Å². The molecule has 1 aromatic heterocycles. The van der Waals surface area contributed by atoms with Gasteiger partial charge < -0.3 is 4.42 Å². The Bertz CT molecular complexity index is 884. The summed E-state index contributed by atoms with van der Waals surface area (Å²) >= 11 is 0. The van der Waals surface area contributed by atoms with E-state index in [1.54, 1.807) is 12.1 Å². The summed E-state index contributed by atoms with van der Waals surface area (Å²) in [6.07, 6.45) is 0. The summed E-state index contributed by atoms with van der Waals surface area (Å²) in [5.41, 5.74) is -2.90. The van der Waals surface area contributed by atoms with E-state index in [0.29, 0.717) is 0 Å². The highest BCUT2D eigenvalue weighted by atomic mass is 19.3. The van der Waals surface area contributed by atoms with Crippen molar-refractivity contribution in [2.24, 2.45) is 0 Å². The monoisotopic (exact) mass is 368 g/mol. The highest BCUT2D eigenvalue weighted by molar-refractivity contribution is 5.76. The fourth-order valence-electron chi connectivity index (χ4n) is 3.13. The van der Waals surface area contributed by atoms with Crippen molar-refractivity contribution in [3.63, 3.8) is 0 Å². The van der Waals surface area contributed by atoms with Crippen molar-refractivity contribution in [1.29, 1.82) is 0 Å². The predicted molar refractivity (Wildman–Crippen MR) is 82.3 cm³/mol. The van der Waals surface area contributed by atoms with E-state index in [0.717, 1.165) is 0 Å². The fraction of sp³-hybridized carbons (Fsp3) is 0.158. The van der Waals surface area contributed by atoms with E-state index in [4.69, 9.17) is 4.42 Å². The molecule has 0 saturated carbocycles. The van der Waals surface area contributed by atoms with Gasteiger partial charge in [-0.25, -0.2) is 0 Å². The zero-order chi connectivity index (χ0) is 18.7. The van der Waals surface area contributed by atoms with Crippen molar-refractivity contribution >= 4 is 0 Å². The number of alkyl halides is 6. The lowest BCUT2D eigenvalue weighted by Gasteiger charge is -2.24. The van der Waals surface area contributed by atoms with E-state index in [2.05, 4.69) is 0 Å². The molecule has 0 saturated heterocycles. The molecule has 3 aromatic rings. The normalized spacial score (nSPS) is 19.3. The molecule has 0 radical (unpaired) electrons. The van der Waals surface area contributed by atoms with Crippen LogP contribution >= 0.6 is 0 Å². The molecule has 1 nitrogen and oxygen atoms in total. The maximum Gasteiger partial charge on any atom is 0.380 e. The lowest BCUT2D eigenvalue weighted by Crippen LogP contribution is -2.43. The summed E-state index contributed by atoms with van der Waals surface area (Å²) < 4.78 is 90.9. The zero-order valence-electron chi connectivity index (χ0n) is 12.9. The van der Waals surface area contributed by atoms with Crippen LogP contribution in [-0.4, -0.2) is 5.92 Å². The van der Waals surface area contributed by atoms with Gasteiger partial charge >= 0.3 is 17.8 Å². The summed E-state index contributed by atoms with van der Waals surface area (Å²) in [6.45, 7) is 0. The van der Waals surface area contributed by atoms with Crippen molar-refractivity contribution in [3.8, 4) is 22.6 Å². The first kappa shape index (κ1) is 16.8. The molecular weight excluding hydrogens is 358 g/mol. The van der Waals surface area contributed by atoms with Crippen LogP contribution in [0.15, 0.2) is 65.1 Å². The van der Waals surface area contributed by atoms with Gasteiger partial charge in [0.25, 0.3) is 0 Å². The third-order valence-electron chi connectivity index (χ3n) is 4.40. The number of hydrogen-bond acceptors (Lipinski definition) is 1. The van der Waals surface area contributed by atoms with Crippen molar-refractivity contribution in [3.05, 3.63) is 71.8 Å². The first-order valence-electron chi connectivity index (χ1n) is 7.61. The topological polar surface area (TPSA) is 13.1 Å². The zero-order valence-corrected chi connectivity index (χ0v) is 12.9. The standard InChI is InChI=1S/C19H10F6O/c20-17(21)13-14(18(22,23)19(17,24)25)16(12-9-5-2-6-10-12)26-15(13)11-7-3-1-4-8-11/h1-10H. The molecule has 1 aliphatic carbocycles. The molecule has 1 aliphatic rings. The molecule has 7 heteroatoms. The minimum atomic E-state index is -5.56. The molecule has 0 unspecified atom stereocenters. The molecule has 0 N–H and O–H groups in total. The number of benzene rings is 2. The van der Waals surface area contributed by atoms with Crippen LogP contribution in [0.2, 0.25) is 0 Å². The maximum atomic E-state index is 14.4. The van der Waals surface area contributed by atoms with Crippen molar-refractivity contribution < 1.29 is 30.8 Å². The van der Waals surface area contributed by atoms with Gasteiger partial charge in [-0.05, 0) is 0 Å². The van der Waals surface area contributed by atoms with Crippen LogP contribution in [0.4, 0.5) is 26.3 Å². The van der Waals surface area contributed by atoms with E-state index in [1.165, 1.54) is 48.5 Å². The second-order valence-corrected chi connectivity index (χ2v) is 5.97. The van der Waals surface area contributed by atoms with Gasteiger partial charge in [0.15, 0.2) is 0 Å². The van der Waals surface area contributed by atoms with Crippen molar-refractivity contribution in [2.75, 3.05) is 0 Å². The molecule has 4 rings (SSSR count). The Balaban J connectivity index is 2.11. The van der Waals surface area contributed by atoms with E-state index in [9.17, 15) is 26.3 Å². The molecule has 2 aromatic carbocycles. The molecule has 0 atom stereocenters. The quantitative estimate of drug-likeness (QED) is 0.474. The molecule has 134 valence electrons. The van der Waals surface area contributed by atoms with Crippen LogP contribution in [0.25, 0.3) is 22.6 Å². The van der Waals surface area contributed by atoms with E-state index < -0.39 is 40.4 Å². The van der Waals surface area contributed by atoms with Crippen LogP contribution in [0.5, 0.6) is 0 Å². The number of fused-ring (bicyclic) bond motifs is 1. The van der Waals surface area contributed by atoms with Gasteiger partial charge in [-0.1, -0.05) is 60.7 Å². The Kier molecular flexibility index (Phi) is 3.32. The summed E-state index contributed by atoms with van der Waals surface area (Å²) in [7, 11) is 0. The Morgan fingerprint density at radius 3 is 1.23 bits per heavy atom. The number of rotatable bonds is 2. The molecule has 0 spiro atoms. The summed E-state index contributed by atoms with van der Waals surface area (Å²) in [6, 6.07) is 14.4. The van der Waals surface area contributed by atoms with Crippen LogP contribution in [0, 0.1) is 0 Å². The SMILES string of the molecule is FC1(F)c2c(-c3ccccc3)oc(-c3ccccc3)c2C(F)(F)C1(F)F. The van der Waals surface area contributed by atoms with E-state index in [1.807, 2.05) is 0 Å². The van der Waals surface area contributed by atoms with Gasteiger partial charge in [-0.2, -0.15) is 26.3 Å². The number of furan rings is 1. The largest absolute Gasteiger partial charge is 0.455 e. The highest BCUT2D eigenvalue weighted by Gasteiger charge is 2.81. The van der Waals surface area contributed by atoms with Crippen LogP contribution in [0.1, 0.15) is 11.1 Å². The minimum absolute atomic E-state index is 0.0131.